The second-order valence-corrected chi connectivity index (χ2v) is 3.92. The van der Waals surface area contributed by atoms with Crippen LogP contribution in [0.3, 0.4) is 0 Å². The molecular weight excluding hydrogens is 242 g/mol. The number of nitrogens with two attached hydrogens (primary N) is 1. The van der Waals surface area contributed by atoms with E-state index in [1.54, 1.807) is 6.07 Å². The Bertz CT molecular complexity index is 561. The topological polar surface area (TPSA) is 61.3 Å². The molecule has 96 valence electrons. The van der Waals surface area contributed by atoms with Gasteiger partial charge in [-0.05, 0) is 18.2 Å². The van der Waals surface area contributed by atoms with Crippen LogP contribution in [0.2, 0.25) is 0 Å². The predicted octanol–water partition coefficient (Wildman–Crippen LogP) is 3.04. The number of alkyl halides is 2. The third-order valence-corrected chi connectivity index (χ3v) is 2.50. The van der Waals surface area contributed by atoms with Crippen LogP contribution in [-0.2, 0) is 5.92 Å². The number of ether oxygens (including phenoxy) is 1. The molecule has 6 heteroatoms. The molecule has 1 aromatic carbocycles. The normalized spacial score (nSPS) is 11.6. The largest absolute Gasteiger partial charge is 0.496 e. The first-order chi connectivity index (χ1) is 8.41. The maximum absolute atomic E-state index is 13.5. The first-order valence-electron chi connectivity index (χ1n) is 5.20. The van der Waals surface area contributed by atoms with Gasteiger partial charge in [0.2, 0.25) is 5.88 Å². The number of rotatable bonds is 3. The number of nitrogens with zero attached hydrogens (tertiary/aromatic N) is 1. The highest BCUT2D eigenvalue weighted by Crippen LogP contribution is 2.37. The Balaban J connectivity index is 2.52. The average molecular weight is 254 g/mol. The van der Waals surface area contributed by atoms with Crippen LogP contribution in [0.4, 0.5) is 14.7 Å². The van der Waals surface area contributed by atoms with E-state index < -0.39 is 5.92 Å². The molecule has 0 radical (unpaired) electrons. The second kappa shape index (κ2) is 4.29. The van der Waals surface area contributed by atoms with Crippen molar-refractivity contribution in [2.45, 2.75) is 12.8 Å². The fraction of sp³-hybridized carbons (Fsp3) is 0.250. The molecule has 0 saturated heterocycles. The lowest BCUT2D eigenvalue weighted by atomic mass is 10.0. The Morgan fingerprint density at radius 3 is 2.56 bits per heavy atom. The molecule has 0 unspecified atom stereocenters. The summed E-state index contributed by atoms with van der Waals surface area (Å²) < 4.78 is 36.5. The monoisotopic (exact) mass is 254 g/mol. The van der Waals surface area contributed by atoms with Gasteiger partial charge in [0.15, 0.2) is 0 Å². The van der Waals surface area contributed by atoms with Crippen molar-refractivity contribution >= 4 is 5.88 Å². The van der Waals surface area contributed by atoms with E-state index in [1.807, 2.05) is 0 Å². The van der Waals surface area contributed by atoms with Crippen LogP contribution in [0.15, 0.2) is 28.8 Å². The fourth-order valence-electron chi connectivity index (χ4n) is 1.64. The number of nitrogen functional groups attached to an aromatic ring is 1. The molecule has 2 rings (SSSR count). The van der Waals surface area contributed by atoms with E-state index in [4.69, 9.17) is 15.0 Å². The molecule has 0 aliphatic heterocycles. The Morgan fingerprint density at radius 1 is 1.33 bits per heavy atom. The molecule has 0 bridgehead atoms. The Labute approximate surface area is 102 Å². The summed E-state index contributed by atoms with van der Waals surface area (Å²) in [4.78, 5) is 0. The van der Waals surface area contributed by atoms with E-state index in [9.17, 15) is 8.78 Å². The van der Waals surface area contributed by atoms with Crippen molar-refractivity contribution in [1.82, 2.24) is 5.16 Å². The molecule has 0 aliphatic rings. The number of methoxy groups -OCH3 is 1. The van der Waals surface area contributed by atoms with Gasteiger partial charge in [0.05, 0.1) is 12.7 Å². The molecule has 1 heterocycles. The Hall–Kier alpha value is -2.11. The SMILES string of the molecule is COc1ccc(-c2cc(N)on2)cc1C(C)(F)F. The third kappa shape index (κ3) is 2.27. The number of hydrogen-bond donors (Lipinski definition) is 1. The molecule has 0 fully saturated rings. The summed E-state index contributed by atoms with van der Waals surface area (Å²) in [5.74, 6) is -2.75. The van der Waals surface area contributed by atoms with Gasteiger partial charge in [-0.15, -0.1) is 0 Å². The van der Waals surface area contributed by atoms with Gasteiger partial charge in [-0.25, -0.2) is 8.78 Å². The number of anilines is 1. The Morgan fingerprint density at radius 2 is 2.06 bits per heavy atom. The molecule has 0 amide bonds. The van der Waals surface area contributed by atoms with Gasteiger partial charge in [0.25, 0.3) is 5.92 Å². The maximum Gasteiger partial charge on any atom is 0.274 e. The molecule has 2 aromatic rings. The number of hydrogen-bond acceptors (Lipinski definition) is 4. The number of benzene rings is 1. The fourth-order valence-corrected chi connectivity index (χ4v) is 1.64. The van der Waals surface area contributed by atoms with E-state index in [0.29, 0.717) is 11.3 Å². The van der Waals surface area contributed by atoms with Crippen LogP contribution in [0, 0.1) is 0 Å². The lowest BCUT2D eigenvalue weighted by Gasteiger charge is -2.15. The van der Waals surface area contributed by atoms with Crippen LogP contribution < -0.4 is 10.5 Å². The Kier molecular flexibility index (Phi) is 2.94. The quantitative estimate of drug-likeness (QED) is 0.914. The van der Waals surface area contributed by atoms with Gasteiger partial charge < -0.3 is 15.0 Å². The third-order valence-electron chi connectivity index (χ3n) is 2.50. The summed E-state index contributed by atoms with van der Waals surface area (Å²) in [5, 5.41) is 3.68. The smallest absolute Gasteiger partial charge is 0.274 e. The van der Waals surface area contributed by atoms with Gasteiger partial charge in [-0.3, -0.25) is 0 Å². The van der Waals surface area contributed by atoms with Crippen molar-refractivity contribution in [3.05, 3.63) is 29.8 Å². The molecule has 2 N–H and O–H groups in total. The molecule has 18 heavy (non-hydrogen) atoms. The number of halogens is 2. The highest BCUT2D eigenvalue weighted by molar-refractivity contribution is 5.64. The molecular formula is C12H12F2N2O2. The van der Waals surface area contributed by atoms with Crippen LogP contribution in [0.5, 0.6) is 5.75 Å². The van der Waals surface area contributed by atoms with Crippen molar-refractivity contribution in [2.75, 3.05) is 12.8 Å². The summed E-state index contributed by atoms with van der Waals surface area (Å²) in [6.45, 7) is 0.811. The van der Waals surface area contributed by atoms with E-state index in [-0.39, 0.29) is 17.2 Å². The van der Waals surface area contributed by atoms with E-state index in [2.05, 4.69) is 5.16 Å². The van der Waals surface area contributed by atoms with Gasteiger partial charge >= 0.3 is 0 Å². The standard InChI is InChI=1S/C12H12F2N2O2/c1-12(13,14)8-5-7(3-4-10(8)17-2)9-6-11(15)18-16-9/h3-6H,15H2,1-2H3. The molecule has 0 spiro atoms. The average Bonchev–Trinajstić information content (AvgIpc) is 2.74. The lowest BCUT2D eigenvalue weighted by molar-refractivity contribution is 0.0151. The maximum atomic E-state index is 13.5. The first-order valence-corrected chi connectivity index (χ1v) is 5.20. The summed E-state index contributed by atoms with van der Waals surface area (Å²) >= 11 is 0. The van der Waals surface area contributed by atoms with Crippen LogP contribution in [0.25, 0.3) is 11.3 Å². The van der Waals surface area contributed by atoms with E-state index in [0.717, 1.165) is 6.92 Å². The lowest BCUT2D eigenvalue weighted by Crippen LogP contribution is -2.09. The zero-order valence-electron chi connectivity index (χ0n) is 9.91. The molecule has 0 aliphatic carbocycles. The zero-order chi connectivity index (χ0) is 13.3. The number of aromatic nitrogens is 1. The van der Waals surface area contributed by atoms with Crippen LogP contribution in [0.1, 0.15) is 12.5 Å². The van der Waals surface area contributed by atoms with E-state index >= 15 is 0 Å². The van der Waals surface area contributed by atoms with Crippen molar-refractivity contribution in [2.24, 2.45) is 0 Å². The highest BCUT2D eigenvalue weighted by atomic mass is 19.3. The summed E-state index contributed by atoms with van der Waals surface area (Å²) in [6, 6.07) is 5.87. The summed E-state index contributed by atoms with van der Waals surface area (Å²) in [6.07, 6.45) is 0. The van der Waals surface area contributed by atoms with Gasteiger partial charge in [0, 0.05) is 18.6 Å². The molecule has 4 nitrogen and oxygen atoms in total. The zero-order valence-corrected chi connectivity index (χ0v) is 9.91. The predicted molar refractivity (Wildman–Crippen MR) is 62.5 cm³/mol. The minimum Gasteiger partial charge on any atom is -0.496 e. The summed E-state index contributed by atoms with van der Waals surface area (Å²) in [7, 11) is 1.35. The van der Waals surface area contributed by atoms with Crippen molar-refractivity contribution in [3.63, 3.8) is 0 Å². The van der Waals surface area contributed by atoms with Gasteiger partial charge in [-0.2, -0.15) is 0 Å². The summed E-state index contributed by atoms with van der Waals surface area (Å²) in [5.41, 5.74) is 6.09. The highest BCUT2D eigenvalue weighted by Gasteiger charge is 2.29. The molecule has 0 atom stereocenters. The van der Waals surface area contributed by atoms with Crippen molar-refractivity contribution < 1.29 is 18.0 Å². The van der Waals surface area contributed by atoms with Crippen LogP contribution >= 0.6 is 0 Å². The van der Waals surface area contributed by atoms with Crippen LogP contribution in [-0.4, -0.2) is 12.3 Å². The molecule has 0 saturated carbocycles. The van der Waals surface area contributed by atoms with Gasteiger partial charge in [-0.1, -0.05) is 5.16 Å². The molecule has 1 aromatic heterocycles. The van der Waals surface area contributed by atoms with Gasteiger partial charge in [0.1, 0.15) is 11.4 Å². The minimum atomic E-state index is -3.00. The second-order valence-electron chi connectivity index (χ2n) is 3.92. The van der Waals surface area contributed by atoms with E-state index in [1.165, 1.54) is 25.3 Å². The van der Waals surface area contributed by atoms with Crippen molar-refractivity contribution in [3.8, 4) is 17.0 Å². The van der Waals surface area contributed by atoms with Crippen molar-refractivity contribution in [1.29, 1.82) is 0 Å². The first kappa shape index (κ1) is 12.3. The minimum absolute atomic E-state index is 0.128.